The summed E-state index contributed by atoms with van der Waals surface area (Å²) in [5.74, 6) is 0.694. The molecule has 1 amide bonds. The molecule has 0 radical (unpaired) electrons. The molecule has 0 atom stereocenters. The fraction of sp³-hybridized carbons (Fsp3) is 0.0952. The summed E-state index contributed by atoms with van der Waals surface area (Å²) in [5.41, 5.74) is 2.35. The van der Waals surface area contributed by atoms with Crippen molar-refractivity contribution in [2.75, 3.05) is 19.5 Å². The lowest BCUT2D eigenvalue weighted by atomic mass is 10.2. The van der Waals surface area contributed by atoms with Gasteiger partial charge < -0.3 is 9.47 Å². The normalized spacial score (nSPS) is 11.2. The topological polar surface area (TPSA) is 77.8 Å². The molecule has 30 heavy (non-hydrogen) atoms. The molecule has 0 unspecified atom stereocenters. The van der Waals surface area contributed by atoms with Crippen LogP contribution in [-0.2, 0) is 4.79 Å². The number of anilines is 1. The van der Waals surface area contributed by atoms with Crippen LogP contribution in [0.15, 0.2) is 53.9 Å². The first-order valence-corrected chi connectivity index (χ1v) is 9.76. The molecule has 0 saturated carbocycles. The molecule has 9 heteroatoms. The van der Waals surface area contributed by atoms with Crippen LogP contribution in [0.2, 0.25) is 0 Å². The first-order chi connectivity index (χ1) is 14.6. The molecule has 4 rings (SSSR count). The summed E-state index contributed by atoms with van der Waals surface area (Å²) in [5, 5.41) is 8.87. The Morgan fingerprint density at radius 1 is 1.13 bits per heavy atom. The van der Waals surface area contributed by atoms with Crippen molar-refractivity contribution in [3.05, 3.63) is 65.3 Å². The predicted octanol–water partition coefficient (Wildman–Crippen LogP) is 4.27. The maximum Gasteiger partial charge on any atom is 0.250 e. The second kappa shape index (κ2) is 8.34. The Labute approximate surface area is 175 Å². The number of aromatic nitrogens is 3. The maximum absolute atomic E-state index is 13.2. The molecule has 0 fully saturated rings. The molecule has 1 N–H and O–H groups in total. The highest BCUT2D eigenvalue weighted by atomic mass is 32.1. The van der Waals surface area contributed by atoms with Crippen LogP contribution in [0.3, 0.4) is 0 Å². The highest BCUT2D eigenvalue weighted by molar-refractivity contribution is 7.15. The van der Waals surface area contributed by atoms with Crippen LogP contribution >= 0.6 is 11.3 Å². The van der Waals surface area contributed by atoms with Crippen LogP contribution in [0.4, 0.5) is 10.3 Å². The lowest BCUT2D eigenvalue weighted by molar-refractivity contribution is -0.111. The van der Waals surface area contributed by atoms with Crippen LogP contribution < -0.4 is 14.8 Å². The molecule has 0 saturated heterocycles. The van der Waals surface area contributed by atoms with E-state index in [2.05, 4.69) is 15.4 Å². The lowest BCUT2D eigenvalue weighted by Crippen LogP contribution is -2.09. The third-order valence-corrected chi connectivity index (χ3v) is 5.11. The predicted molar refractivity (Wildman–Crippen MR) is 113 cm³/mol. The number of hydrogen-bond acceptors (Lipinski definition) is 6. The average molecular weight is 424 g/mol. The number of halogens is 1. The van der Waals surface area contributed by atoms with E-state index in [0.29, 0.717) is 16.5 Å². The smallest absolute Gasteiger partial charge is 0.250 e. The summed E-state index contributed by atoms with van der Waals surface area (Å²) in [6.45, 7) is 0. The highest BCUT2D eigenvalue weighted by Gasteiger charge is 2.13. The highest BCUT2D eigenvalue weighted by Crippen LogP contribution is 2.28. The summed E-state index contributed by atoms with van der Waals surface area (Å²) in [7, 11) is 3.11. The standard InChI is InChI=1S/C21H17FN4O3S/c1-28-17-9-3-13(11-18(17)29-2)4-10-19(27)23-20-24-21-26(25-20)16(12-30-21)14-5-7-15(22)8-6-14/h3-12H,1-2H3,(H,23,25,27)/b10-4+. The summed E-state index contributed by atoms with van der Waals surface area (Å²) in [6.07, 6.45) is 3.04. The van der Waals surface area contributed by atoms with Crippen LogP contribution in [0.5, 0.6) is 11.5 Å². The molecule has 0 bridgehead atoms. The Balaban J connectivity index is 1.49. The first kappa shape index (κ1) is 19.6. The summed E-state index contributed by atoms with van der Waals surface area (Å²) in [4.78, 5) is 17.2. The van der Waals surface area contributed by atoms with Gasteiger partial charge in [0.25, 0.3) is 11.9 Å². The van der Waals surface area contributed by atoms with E-state index in [9.17, 15) is 9.18 Å². The van der Waals surface area contributed by atoms with Crippen molar-refractivity contribution in [1.82, 2.24) is 14.6 Å². The second-order valence-corrected chi connectivity index (χ2v) is 7.03. The molecule has 2 aromatic carbocycles. The van der Waals surface area contributed by atoms with Crippen molar-refractivity contribution in [3.63, 3.8) is 0 Å². The van der Waals surface area contributed by atoms with E-state index in [-0.39, 0.29) is 17.7 Å². The number of thiazole rings is 1. The van der Waals surface area contributed by atoms with Gasteiger partial charge in [0.1, 0.15) is 5.82 Å². The minimum absolute atomic E-state index is 0.187. The van der Waals surface area contributed by atoms with E-state index < -0.39 is 0 Å². The Bertz CT molecular complexity index is 1230. The molecule has 2 heterocycles. The summed E-state index contributed by atoms with van der Waals surface area (Å²) >= 11 is 1.38. The molecular formula is C21H17FN4O3S. The molecule has 2 aromatic heterocycles. The van der Waals surface area contributed by atoms with Crippen molar-refractivity contribution in [3.8, 4) is 22.8 Å². The number of nitrogens with zero attached hydrogens (tertiary/aromatic N) is 3. The van der Waals surface area contributed by atoms with Gasteiger partial charge in [0.2, 0.25) is 4.96 Å². The molecule has 0 aliphatic carbocycles. The zero-order valence-corrected chi connectivity index (χ0v) is 16.9. The van der Waals surface area contributed by atoms with Crippen LogP contribution in [0.1, 0.15) is 5.56 Å². The Morgan fingerprint density at radius 3 is 2.63 bits per heavy atom. The molecule has 4 aromatic rings. The number of ether oxygens (including phenoxy) is 2. The van der Waals surface area contributed by atoms with Crippen molar-refractivity contribution >= 4 is 34.2 Å². The van der Waals surface area contributed by atoms with Crippen LogP contribution in [-0.4, -0.2) is 34.7 Å². The minimum Gasteiger partial charge on any atom is -0.493 e. The number of benzene rings is 2. The van der Waals surface area contributed by atoms with Crippen molar-refractivity contribution in [2.45, 2.75) is 0 Å². The van der Waals surface area contributed by atoms with E-state index in [0.717, 1.165) is 16.8 Å². The van der Waals surface area contributed by atoms with Gasteiger partial charge in [-0.15, -0.1) is 16.4 Å². The van der Waals surface area contributed by atoms with E-state index in [1.807, 2.05) is 11.4 Å². The number of hydrogen-bond donors (Lipinski definition) is 1. The van der Waals surface area contributed by atoms with Gasteiger partial charge in [0.15, 0.2) is 11.5 Å². The number of rotatable bonds is 6. The van der Waals surface area contributed by atoms with Crippen molar-refractivity contribution < 1.29 is 18.7 Å². The van der Waals surface area contributed by atoms with E-state index in [4.69, 9.17) is 9.47 Å². The summed E-state index contributed by atoms with van der Waals surface area (Å²) in [6, 6.07) is 11.5. The molecule has 152 valence electrons. The van der Waals surface area contributed by atoms with E-state index in [1.165, 1.54) is 29.5 Å². The molecular weight excluding hydrogens is 407 g/mol. The van der Waals surface area contributed by atoms with Gasteiger partial charge >= 0.3 is 0 Å². The SMILES string of the molecule is COc1ccc(/C=C/C(=O)Nc2nc3scc(-c4ccc(F)cc4)n3n2)cc1OC. The monoisotopic (exact) mass is 424 g/mol. The average Bonchev–Trinajstić information content (AvgIpc) is 3.33. The lowest BCUT2D eigenvalue weighted by Gasteiger charge is -2.07. The fourth-order valence-corrected chi connectivity index (χ4v) is 3.66. The number of carbonyl (C=O) groups excluding carboxylic acids is 1. The zero-order valence-electron chi connectivity index (χ0n) is 16.1. The molecule has 0 spiro atoms. The number of amides is 1. The number of carbonyl (C=O) groups is 1. The van der Waals surface area contributed by atoms with Gasteiger partial charge in [-0.05, 0) is 48.0 Å². The Morgan fingerprint density at radius 2 is 1.90 bits per heavy atom. The van der Waals surface area contributed by atoms with E-state index >= 15 is 0 Å². The largest absolute Gasteiger partial charge is 0.493 e. The zero-order chi connectivity index (χ0) is 21.1. The van der Waals surface area contributed by atoms with Crippen LogP contribution in [0.25, 0.3) is 22.3 Å². The number of nitrogens with one attached hydrogen (secondary N) is 1. The molecule has 0 aliphatic rings. The van der Waals surface area contributed by atoms with E-state index in [1.54, 1.807) is 49.1 Å². The fourth-order valence-electron chi connectivity index (χ4n) is 2.83. The first-order valence-electron chi connectivity index (χ1n) is 8.88. The Kier molecular flexibility index (Phi) is 5.44. The minimum atomic E-state index is -0.369. The Hall–Kier alpha value is -3.72. The quantitative estimate of drug-likeness (QED) is 0.468. The van der Waals surface area contributed by atoms with Gasteiger partial charge in [-0.25, -0.2) is 8.91 Å². The third kappa shape index (κ3) is 4.01. The maximum atomic E-state index is 13.2. The third-order valence-electron chi connectivity index (χ3n) is 4.29. The van der Waals surface area contributed by atoms with Gasteiger partial charge in [-0.3, -0.25) is 10.1 Å². The van der Waals surface area contributed by atoms with Gasteiger partial charge in [0.05, 0.1) is 19.9 Å². The van der Waals surface area contributed by atoms with Crippen molar-refractivity contribution in [1.29, 1.82) is 0 Å². The summed E-state index contributed by atoms with van der Waals surface area (Å²) < 4.78 is 25.2. The van der Waals surface area contributed by atoms with Gasteiger partial charge in [0, 0.05) is 17.0 Å². The second-order valence-electron chi connectivity index (χ2n) is 6.19. The van der Waals surface area contributed by atoms with Crippen molar-refractivity contribution in [2.24, 2.45) is 0 Å². The molecule has 0 aliphatic heterocycles. The van der Waals surface area contributed by atoms with Crippen LogP contribution in [0, 0.1) is 5.82 Å². The van der Waals surface area contributed by atoms with Gasteiger partial charge in [-0.1, -0.05) is 6.07 Å². The number of methoxy groups -OCH3 is 2. The molecule has 7 nitrogen and oxygen atoms in total. The van der Waals surface area contributed by atoms with Gasteiger partial charge in [-0.2, -0.15) is 4.98 Å². The number of fused-ring (bicyclic) bond motifs is 1.